The predicted octanol–water partition coefficient (Wildman–Crippen LogP) is 4.67. The van der Waals surface area contributed by atoms with Crippen molar-refractivity contribution in [3.8, 4) is 0 Å². The summed E-state index contributed by atoms with van der Waals surface area (Å²) in [7, 11) is 0. The second-order valence-corrected chi connectivity index (χ2v) is 5.91. The number of halogens is 1. The van der Waals surface area contributed by atoms with Gasteiger partial charge in [-0.15, -0.1) is 0 Å². The molecule has 0 amide bonds. The molecule has 0 bridgehead atoms. The lowest BCUT2D eigenvalue weighted by atomic mass is 9.78. The van der Waals surface area contributed by atoms with Crippen molar-refractivity contribution in [3.05, 3.63) is 21.7 Å². The first-order valence-electron chi connectivity index (χ1n) is 4.89. The van der Waals surface area contributed by atoms with Gasteiger partial charge in [-0.2, -0.15) is 0 Å². The van der Waals surface area contributed by atoms with Crippen LogP contribution in [0.2, 0.25) is 0 Å². The summed E-state index contributed by atoms with van der Waals surface area (Å²) in [6, 6.07) is 0. The molecule has 0 aromatic carbocycles. The van der Waals surface area contributed by atoms with E-state index in [-0.39, 0.29) is 0 Å². The molecule has 0 fully saturated rings. The Morgan fingerprint density at radius 3 is 2.31 bits per heavy atom. The summed E-state index contributed by atoms with van der Waals surface area (Å²) in [5, 5.41) is 0. The van der Waals surface area contributed by atoms with Crippen LogP contribution in [0, 0.1) is 11.3 Å². The molecule has 0 aliphatic heterocycles. The fraction of sp³-hybridized carbons (Fsp3) is 0.667. The molecule has 0 aromatic rings. The van der Waals surface area contributed by atoms with Crippen molar-refractivity contribution < 1.29 is 0 Å². The van der Waals surface area contributed by atoms with Crippen LogP contribution in [0.25, 0.3) is 0 Å². The Balaban J connectivity index is 3.00. The SMILES string of the molecule is CC1=C(Br)C(C)CC(C(C)(C)C)=C1. The van der Waals surface area contributed by atoms with Gasteiger partial charge in [0.1, 0.15) is 0 Å². The minimum absolute atomic E-state index is 0.323. The average molecular weight is 243 g/mol. The van der Waals surface area contributed by atoms with Gasteiger partial charge in [-0.3, -0.25) is 0 Å². The van der Waals surface area contributed by atoms with Crippen molar-refractivity contribution in [1.29, 1.82) is 0 Å². The van der Waals surface area contributed by atoms with E-state index in [4.69, 9.17) is 0 Å². The zero-order valence-electron chi connectivity index (χ0n) is 9.24. The minimum atomic E-state index is 0.323. The van der Waals surface area contributed by atoms with E-state index in [0.29, 0.717) is 11.3 Å². The van der Waals surface area contributed by atoms with Gasteiger partial charge >= 0.3 is 0 Å². The minimum Gasteiger partial charge on any atom is -0.0639 e. The largest absolute Gasteiger partial charge is 0.0639 e. The lowest BCUT2D eigenvalue weighted by molar-refractivity contribution is 0.458. The van der Waals surface area contributed by atoms with Crippen molar-refractivity contribution in [2.24, 2.45) is 11.3 Å². The Kier molecular flexibility index (Phi) is 3.06. The molecule has 1 atom stereocenters. The Labute approximate surface area is 90.2 Å². The third-order valence-corrected chi connectivity index (χ3v) is 4.10. The molecule has 0 spiro atoms. The second-order valence-electron chi connectivity index (χ2n) is 5.06. The highest BCUT2D eigenvalue weighted by Gasteiger charge is 2.24. The molecule has 74 valence electrons. The third kappa shape index (κ3) is 2.46. The first kappa shape index (κ1) is 11.0. The van der Waals surface area contributed by atoms with E-state index in [9.17, 15) is 0 Å². The van der Waals surface area contributed by atoms with Crippen molar-refractivity contribution >= 4 is 15.9 Å². The van der Waals surface area contributed by atoms with Gasteiger partial charge in [0, 0.05) is 4.48 Å². The molecule has 0 aromatic heterocycles. The smallest absolute Gasteiger partial charge is 0.00112 e. The van der Waals surface area contributed by atoms with Crippen LogP contribution in [0.1, 0.15) is 41.0 Å². The van der Waals surface area contributed by atoms with E-state index in [1.807, 2.05) is 0 Å². The molecule has 1 heteroatoms. The summed E-state index contributed by atoms with van der Waals surface area (Å²) >= 11 is 3.65. The summed E-state index contributed by atoms with van der Waals surface area (Å²) in [6.45, 7) is 11.3. The van der Waals surface area contributed by atoms with E-state index >= 15 is 0 Å². The van der Waals surface area contributed by atoms with E-state index in [2.05, 4.69) is 56.6 Å². The molecule has 1 rings (SSSR count). The molecule has 0 saturated carbocycles. The van der Waals surface area contributed by atoms with Crippen molar-refractivity contribution in [3.63, 3.8) is 0 Å². The van der Waals surface area contributed by atoms with Crippen LogP contribution < -0.4 is 0 Å². The maximum absolute atomic E-state index is 3.65. The van der Waals surface area contributed by atoms with Crippen LogP contribution in [0.3, 0.4) is 0 Å². The molecule has 0 heterocycles. The molecule has 0 saturated heterocycles. The maximum atomic E-state index is 3.65. The summed E-state index contributed by atoms with van der Waals surface area (Å²) in [6.07, 6.45) is 3.53. The molecule has 0 nitrogen and oxygen atoms in total. The molecular formula is C12H19Br. The topological polar surface area (TPSA) is 0 Å². The maximum Gasteiger partial charge on any atom is 0.00112 e. The number of hydrogen-bond acceptors (Lipinski definition) is 0. The summed E-state index contributed by atoms with van der Waals surface area (Å²) < 4.78 is 1.38. The number of allylic oxidation sites excluding steroid dienone is 4. The monoisotopic (exact) mass is 242 g/mol. The van der Waals surface area contributed by atoms with Gasteiger partial charge in [0.05, 0.1) is 0 Å². The van der Waals surface area contributed by atoms with Crippen molar-refractivity contribution in [2.75, 3.05) is 0 Å². The van der Waals surface area contributed by atoms with Crippen LogP contribution in [0.15, 0.2) is 21.7 Å². The third-order valence-electron chi connectivity index (χ3n) is 2.69. The second kappa shape index (κ2) is 3.61. The molecule has 1 aliphatic rings. The Morgan fingerprint density at radius 1 is 1.38 bits per heavy atom. The predicted molar refractivity (Wildman–Crippen MR) is 62.9 cm³/mol. The first-order valence-corrected chi connectivity index (χ1v) is 5.69. The molecule has 0 N–H and O–H groups in total. The Morgan fingerprint density at radius 2 is 1.92 bits per heavy atom. The normalized spacial score (nSPS) is 24.8. The summed E-state index contributed by atoms with van der Waals surface area (Å²) in [5.41, 5.74) is 3.29. The molecule has 1 unspecified atom stereocenters. The summed E-state index contributed by atoms with van der Waals surface area (Å²) in [4.78, 5) is 0. The van der Waals surface area contributed by atoms with Crippen molar-refractivity contribution in [1.82, 2.24) is 0 Å². The number of rotatable bonds is 0. The van der Waals surface area contributed by atoms with Crippen LogP contribution in [-0.4, -0.2) is 0 Å². The lowest BCUT2D eigenvalue weighted by Gasteiger charge is -2.30. The van der Waals surface area contributed by atoms with Crippen LogP contribution in [0.4, 0.5) is 0 Å². The zero-order chi connectivity index (χ0) is 10.2. The van der Waals surface area contributed by atoms with Gasteiger partial charge in [0.15, 0.2) is 0 Å². The van der Waals surface area contributed by atoms with Gasteiger partial charge < -0.3 is 0 Å². The Hall–Kier alpha value is -0.0400. The Bertz CT molecular complexity index is 263. The van der Waals surface area contributed by atoms with E-state index in [0.717, 1.165) is 0 Å². The van der Waals surface area contributed by atoms with Gasteiger partial charge in [-0.1, -0.05) is 55.3 Å². The fourth-order valence-electron chi connectivity index (χ4n) is 1.72. The van der Waals surface area contributed by atoms with Gasteiger partial charge in [0.2, 0.25) is 0 Å². The van der Waals surface area contributed by atoms with E-state index in [1.54, 1.807) is 5.57 Å². The highest BCUT2D eigenvalue weighted by atomic mass is 79.9. The highest BCUT2D eigenvalue weighted by molar-refractivity contribution is 9.11. The molecule has 1 aliphatic carbocycles. The molecular weight excluding hydrogens is 224 g/mol. The fourth-order valence-corrected chi connectivity index (χ4v) is 2.00. The van der Waals surface area contributed by atoms with Crippen LogP contribution in [-0.2, 0) is 0 Å². The lowest BCUT2D eigenvalue weighted by Crippen LogP contribution is -2.16. The average Bonchev–Trinajstić information content (AvgIpc) is 1.97. The quantitative estimate of drug-likeness (QED) is 0.580. The van der Waals surface area contributed by atoms with Gasteiger partial charge in [-0.25, -0.2) is 0 Å². The van der Waals surface area contributed by atoms with Crippen LogP contribution in [0.5, 0.6) is 0 Å². The zero-order valence-corrected chi connectivity index (χ0v) is 10.8. The standard InChI is InChI=1S/C12H19Br/c1-8-6-10(12(3,4)5)7-9(2)11(8)13/h6,9H,7H2,1-5H3. The molecule has 13 heavy (non-hydrogen) atoms. The molecule has 0 radical (unpaired) electrons. The first-order chi connectivity index (χ1) is 5.82. The van der Waals surface area contributed by atoms with E-state index < -0.39 is 0 Å². The van der Waals surface area contributed by atoms with Crippen LogP contribution >= 0.6 is 15.9 Å². The van der Waals surface area contributed by atoms with Crippen molar-refractivity contribution in [2.45, 2.75) is 41.0 Å². The number of hydrogen-bond donors (Lipinski definition) is 0. The highest BCUT2D eigenvalue weighted by Crippen LogP contribution is 2.40. The van der Waals surface area contributed by atoms with E-state index in [1.165, 1.54) is 16.5 Å². The van der Waals surface area contributed by atoms with Gasteiger partial charge in [0.25, 0.3) is 0 Å². The van der Waals surface area contributed by atoms with Gasteiger partial charge in [-0.05, 0) is 30.3 Å². The summed E-state index contributed by atoms with van der Waals surface area (Å²) in [5.74, 6) is 0.652.